The van der Waals surface area contributed by atoms with Crippen LogP contribution in [0.15, 0.2) is 0 Å². The number of hydrogen-bond donors (Lipinski definition) is 2. The van der Waals surface area contributed by atoms with Crippen molar-refractivity contribution < 1.29 is 8.42 Å². The van der Waals surface area contributed by atoms with E-state index in [1.165, 1.54) is 4.31 Å². The summed E-state index contributed by atoms with van der Waals surface area (Å²) >= 11 is 0. The highest BCUT2D eigenvalue weighted by molar-refractivity contribution is 7.87. The van der Waals surface area contributed by atoms with Gasteiger partial charge in [0.1, 0.15) is 0 Å². The zero-order chi connectivity index (χ0) is 12.8. The average molecular weight is 251 g/mol. The molecule has 0 atom stereocenters. The van der Waals surface area contributed by atoms with Gasteiger partial charge in [0.15, 0.2) is 0 Å². The van der Waals surface area contributed by atoms with Crippen LogP contribution >= 0.6 is 0 Å². The molecule has 0 aromatic rings. The SMILES string of the molecule is CC(C)CN(CCCN)S(=O)(=O)NC(C)C. The number of rotatable bonds is 8. The second-order valence-corrected chi connectivity index (χ2v) is 6.37. The number of nitrogens with two attached hydrogens (primary N) is 1. The maximum absolute atomic E-state index is 12.0. The molecule has 0 unspecified atom stereocenters. The van der Waals surface area contributed by atoms with E-state index in [0.717, 1.165) is 0 Å². The van der Waals surface area contributed by atoms with Crippen molar-refractivity contribution in [3.05, 3.63) is 0 Å². The summed E-state index contributed by atoms with van der Waals surface area (Å²) in [6, 6.07) is -0.0856. The minimum absolute atomic E-state index is 0.0856. The van der Waals surface area contributed by atoms with Gasteiger partial charge in [-0.15, -0.1) is 0 Å². The molecule has 0 bridgehead atoms. The quantitative estimate of drug-likeness (QED) is 0.661. The Morgan fingerprint density at radius 3 is 2.19 bits per heavy atom. The molecule has 6 heteroatoms. The highest BCUT2D eigenvalue weighted by Crippen LogP contribution is 2.05. The minimum atomic E-state index is -3.36. The molecule has 0 amide bonds. The van der Waals surface area contributed by atoms with Gasteiger partial charge in [0, 0.05) is 19.1 Å². The van der Waals surface area contributed by atoms with Gasteiger partial charge < -0.3 is 5.73 Å². The molecule has 0 saturated heterocycles. The van der Waals surface area contributed by atoms with Crippen molar-refractivity contribution in [2.45, 2.75) is 40.2 Å². The fourth-order valence-corrected chi connectivity index (χ4v) is 2.97. The van der Waals surface area contributed by atoms with Gasteiger partial charge in [-0.1, -0.05) is 13.8 Å². The van der Waals surface area contributed by atoms with Gasteiger partial charge >= 0.3 is 0 Å². The Balaban J connectivity index is 4.59. The monoisotopic (exact) mass is 251 g/mol. The van der Waals surface area contributed by atoms with Gasteiger partial charge in [0.2, 0.25) is 0 Å². The molecule has 0 heterocycles. The molecular formula is C10H25N3O2S. The average Bonchev–Trinajstić information content (AvgIpc) is 2.09. The van der Waals surface area contributed by atoms with Gasteiger partial charge in [-0.25, -0.2) is 0 Å². The molecule has 0 aliphatic heterocycles. The van der Waals surface area contributed by atoms with Crippen molar-refractivity contribution in [3.8, 4) is 0 Å². The van der Waals surface area contributed by atoms with Gasteiger partial charge in [0.05, 0.1) is 0 Å². The van der Waals surface area contributed by atoms with Crippen molar-refractivity contribution >= 4 is 10.2 Å². The fourth-order valence-electron chi connectivity index (χ4n) is 1.36. The second-order valence-electron chi connectivity index (χ2n) is 4.67. The molecule has 0 radical (unpaired) electrons. The first-order valence-corrected chi connectivity index (χ1v) is 7.21. The van der Waals surface area contributed by atoms with E-state index in [1.807, 2.05) is 27.7 Å². The molecule has 0 aliphatic carbocycles. The third-order valence-corrected chi connectivity index (χ3v) is 3.69. The summed E-state index contributed by atoms with van der Waals surface area (Å²) in [6.45, 7) is 9.15. The first-order chi connectivity index (χ1) is 7.29. The summed E-state index contributed by atoms with van der Waals surface area (Å²) < 4.78 is 28.0. The standard InChI is InChI=1S/C10H25N3O2S/c1-9(2)8-13(7-5-6-11)16(14,15)12-10(3)4/h9-10,12H,5-8,11H2,1-4H3. The van der Waals surface area contributed by atoms with E-state index in [-0.39, 0.29) is 6.04 Å². The third kappa shape index (κ3) is 6.42. The van der Waals surface area contributed by atoms with E-state index in [4.69, 9.17) is 5.73 Å². The van der Waals surface area contributed by atoms with Crippen LogP contribution in [0.3, 0.4) is 0 Å². The largest absolute Gasteiger partial charge is 0.330 e. The lowest BCUT2D eigenvalue weighted by molar-refractivity contribution is 0.356. The Labute approximate surface area is 99.6 Å². The van der Waals surface area contributed by atoms with Crippen molar-refractivity contribution in [2.75, 3.05) is 19.6 Å². The smallest absolute Gasteiger partial charge is 0.279 e. The van der Waals surface area contributed by atoms with E-state index >= 15 is 0 Å². The number of hydrogen-bond acceptors (Lipinski definition) is 3. The third-order valence-electron chi connectivity index (χ3n) is 1.90. The van der Waals surface area contributed by atoms with Crippen LogP contribution in [0.2, 0.25) is 0 Å². The van der Waals surface area contributed by atoms with Gasteiger partial charge in [-0.05, 0) is 32.7 Å². The van der Waals surface area contributed by atoms with Crippen LogP contribution in [0, 0.1) is 5.92 Å². The van der Waals surface area contributed by atoms with Crippen LogP contribution < -0.4 is 10.5 Å². The molecule has 0 aliphatic rings. The molecule has 0 fully saturated rings. The molecule has 0 saturated carbocycles. The second kappa shape index (κ2) is 7.21. The highest BCUT2D eigenvalue weighted by Gasteiger charge is 2.22. The summed E-state index contributed by atoms with van der Waals surface area (Å²) in [4.78, 5) is 0. The number of nitrogens with zero attached hydrogens (tertiary/aromatic N) is 1. The maximum Gasteiger partial charge on any atom is 0.279 e. The summed E-state index contributed by atoms with van der Waals surface area (Å²) in [5.74, 6) is 0.307. The van der Waals surface area contributed by atoms with Gasteiger partial charge in [0.25, 0.3) is 10.2 Å². The molecule has 0 aromatic carbocycles. The Hall–Kier alpha value is -0.170. The van der Waals surface area contributed by atoms with E-state index in [1.54, 1.807) is 0 Å². The summed E-state index contributed by atoms with van der Waals surface area (Å²) in [5.41, 5.74) is 5.41. The predicted molar refractivity (Wildman–Crippen MR) is 67.3 cm³/mol. The highest BCUT2D eigenvalue weighted by atomic mass is 32.2. The van der Waals surface area contributed by atoms with E-state index in [9.17, 15) is 8.42 Å². The molecule has 5 nitrogen and oxygen atoms in total. The van der Waals surface area contributed by atoms with Crippen LogP contribution in [0.25, 0.3) is 0 Å². The first kappa shape index (κ1) is 15.8. The Bertz CT molecular complexity index is 276. The Kier molecular flexibility index (Phi) is 7.14. The van der Waals surface area contributed by atoms with E-state index < -0.39 is 10.2 Å². The molecule has 0 aromatic heterocycles. The van der Waals surface area contributed by atoms with E-state index in [2.05, 4.69) is 4.72 Å². The zero-order valence-corrected chi connectivity index (χ0v) is 11.5. The molecule has 0 spiro atoms. The Morgan fingerprint density at radius 1 is 1.25 bits per heavy atom. The van der Waals surface area contributed by atoms with Crippen molar-refractivity contribution in [3.63, 3.8) is 0 Å². The molecule has 3 N–H and O–H groups in total. The van der Waals surface area contributed by atoms with Gasteiger partial charge in [-0.3, -0.25) is 0 Å². The van der Waals surface area contributed by atoms with Crippen LogP contribution in [0.4, 0.5) is 0 Å². The predicted octanol–water partition coefficient (Wildman–Crippen LogP) is 0.536. The lowest BCUT2D eigenvalue weighted by atomic mass is 10.2. The summed E-state index contributed by atoms with van der Waals surface area (Å²) in [7, 11) is -3.36. The van der Waals surface area contributed by atoms with Crippen molar-refractivity contribution in [1.29, 1.82) is 0 Å². The molecular weight excluding hydrogens is 226 g/mol. The van der Waals surface area contributed by atoms with Gasteiger partial charge in [-0.2, -0.15) is 17.4 Å². The van der Waals surface area contributed by atoms with Crippen LogP contribution in [0.1, 0.15) is 34.1 Å². The summed E-state index contributed by atoms with van der Waals surface area (Å²) in [6.07, 6.45) is 0.686. The minimum Gasteiger partial charge on any atom is -0.330 e. The van der Waals surface area contributed by atoms with Crippen LogP contribution in [-0.2, 0) is 10.2 Å². The molecule has 98 valence electrons. The van der Waals surface area contributed by atoms with Crippen LogP contribution in [-0.4, -0.2) is 38.4 Å². The molecule has 0 rings (SSSR count). The lowest BCUT2D eigenvalue weighted by Crippen LogP contribution is -2.45. The van der Waals surface area contributed by atoms with Crippen molar-refractivity contribution in [2.24, 2.45) is 11.7 Å². The summed E-state index contributed by atoms with van der Waals surface area (Å²) in [5, 5.41) is 0. The Morgan fingerprint density at radius 2 is 1.81 bits per heavy atom. The maximum atomic E-state index is 12.0. The van der Waals surface area contributed by atoms with Crippen molar-refractivity contribution in [1.82, 2.24) is 9.03 Å². The number of nitrogens with one attached hydrogen (secondary N) is 1. The van der Waals surface area contributed by atoms with E-state index in [0.29, 0.717) is 32.0 Å². The topological polar surface area (TPSA) is 75.4 Å². The van der Waals surface area contributed by atoms with Crippen LogP contribution in [0.5, 0.6) is 0 Å². The fraction of sp³-hybridized carbons (Fsp3) is 1.00. The zero-order valence-electron chi connectivity index (χ0n) is 10.7. The molecule has 16 heavy (non-hydrogen) atoms. The first-order valence-electron chi connectivity index (χ1n) is 5.77. The normalized spacial score (nSPS) is 13.0. The lowest BCUT2D eigenvalue weighted by Gasteiger charge is -2.25.